The Bertz CT molecular complexity index is 616. The van der Waals surface area contributed by atoms with Crippen molar-refractivity contribution in [1.82, 2.24) is 15.2 Å². The van der Waals surface area contributed by atoms with E-state index < -0.39 is 0 Å². The summed E-state index contributed by atoms with van der Waals surface area (Å²) in [5, 5.41) is 7.92. The van der Waals surface area contributed by atoms with E-state index in [1.165, 1.54) is 0 Å². The zero-order valence-electron chi connectivity index (χ0n) is 11.9. The molecule has 104 valence electrons. The maximum Gasteiger partial charge on any atom is 0.284 e. The van der Waals surface area contributed by atoms with Crippen molar-refractivity contribution in [2.75, 3.05) is 0 Å². The molecule has 0 spiro atoms. The summed E-state index contributed by atoms with van der Waals surface area (Å²) in [7, 11) is 0. The van der Waals surface area contributed by atoms with Crippen LogP contribution in [0.5, 0.6) is 0 Å². The molecule has 0 radical (unpaired) electrons. The van der Waals surface area contributed by atoms with Gasteiger partial charge in [0.15, 0.2) is 0 Å². The topological polar surface area (TPSA) is 54.7 Å². The van der Waals surface area contributed by atoms with Gasteiger partial charge in [-0.1, -0.05) is 34.6 Å². The molecule has 0 aliphatic heterocycles. The second-order valence-electron chi connectivity index (χ2n) is 6.05. The lowest BCUT2D eigenvalue weighted by Crippen LogP contribution is -2.13. The van der Waals surface area contributed by atoms with Crippen LogP contribution in [0.2, 0.25) is 0 Å². The summed E-state index contributed by atoms with van der Waals surface area (Å²) in [6.45, 7) is 10.8. The molecular weight excluding hydrogens is 278 g/mol. The molecule has 2 aromatic rings. The zero-order valence-corrected chi connectivity index (χ0v) is 13.5. The van der Waals surface area contributed by atoms with Gasteiger partial charge in [0.25, 0.3) is 10.7 Å². The van der Waals surface area contributed by atoms with Crippen LogP contribution in [-0.4, -0.2) is 15.2 Å². The van der Waals surface area contributed by atoms with Crippen LogP contribution in [0.25, 0.3) is 10.8 Å². The van der Waals surface area contributed by atoms with Gasteiger partial charge in [0.2, 0.25) is 0 Å². The predicted molar refractivity (Wildman–Crippen MR) is 80.0 cm³/mol. The highest BCUT2D eigenvalue weighted by atomic mass is 32.1. The summed E-state index contributed by atoms with van der Waals surface area (Å²) >= 11 is 6.59. The Hall–Kier alpha value is -1.01. The van der Waals surface area contributed by atoms with Gasteiger partial charge in [-0.25, -0.2) is 10.1 Å². The van der Waals surface area contributed by atoms with Gasteiger partial charge in [0.05, 0.1) is 10.7 Å². The fourth-order valence-corrected chi connectivity index (χ4v) is 3.32. The first-order valence-corrected chi connectivity index (χ1v) is 7.56. The Kier molecular flexibility index (Phi) is 3.92. The van der Waals surface area contributed by atoms with E-state index in [-0.39, 0.29) is 5.41 Å². The summed E-state index contributed by atoms with van der Waals surface area (Å²) in [6.07, 6.45) is 0.971. The van der Waals surface area contributed by atoms with Crippen LogP contribution in [0.3, 0.4) is 0 Å². The third-order valence-electron chi connectivity index (χ3n) is 2.60. The molecule has 0 aliphatic carbocycles. The van der Waals surface area contributed by atoms with E-state index in [2.05, 4.69) is 44.8 Å². The second kappa shape index (κ2) is 5.17. The minimum atomic E-state index is -0.0445. The molecule has 1 N–H and O–H groups in total. The number of thiazole rings is 1. The van der Waals surface area contributed by atoms with Gasteiger partial charge in [-0.3, -0.25) is 0 Å². The van der Waals surface area contributed by atoms with Crippen molar-refractivity contribution in [2.24, 2.45) is 5.92 Å². The van der Waals surface area contributed by atoms with Crippen molar-refractivity contribution in [1.29, 1.82) is 0 Å². The van der Waals surface area contributed by atoms with Crippen molar-refractivity contribution in [3.8, 4) is 10.8 Å². The van der Waals surface area contributed by atoms with Crippen molar-refractivity contribution < 1.29 is 4.42 Å². The average molecular weight is 297 g/mol. The first-order chi connectivity index (χ1) is 8.77. The number of aromatic nitrogens is 3. The maximum atomic E-state index is 5.44. The van der Waals surface area contributed by atoms with Gasteiger partial charge in [0, 0.05) is 11.8 Å². The number of rotatable bonds is 3. The van der Waals surface area contributed by atoms with Crippen molar-refractivity contribution in [2.45, 2.75) is 46.5 Å². The largest absolute Gasteiger partial charge is 0.408 e. The van der Waals surface area contributed by atoms with Crippen LogP contribution in [0.4, 0.5) is 0 Å². The van der Waals surface area contributed by atoms with Gasteiger partial charge in [-0.2, -0.15) is 0 Å². The first-order valence-electron chi connectivity index (χ1n) is 6.33. The van der Waals surface area contributed by atoms with Gasteiger partial charge in [-0.15, -0.1) is 16.4 Å². The third-order valence-corrected chi connectivity index (χ3v) is 3.84. The third kappa shape index (κ3) is 3.30. The van der Waals surface area contributed by atoms with Gasteiger partial charge in [-0.05, 0) is 18.1 Å². The van der Waals surface area contributed by atoms with Crippen LogP contribution in [-0.2, 0) is 11.8 Å². The van der Waals surface area contributed by atoms with Gasteiger partial charge < -0.3 is 4.42 Å². The molecular formula is C13H19N3OS2. The molecule has 0 saturated carbocycles. The highest BCUT2D eigenvalue weighted by Crippen LogP contribution is 2.37. The summed E-state index contributed by atoms with van der Waals surface area (Å²) in [5.41, 5.74) is 0.982. The van der Waals surface area contributed by atoms with Crippen molar-refractivity contribution >= 4 is 23.6 Å². The zero-order chi connectivity index (χ0) is 14.2. The molecule has 19 heavy (non-hydrogen) atoms. The molecule has 2 aromatic heterocycles. The molecule has 2 rings (SSSR count). The Morgan fingerprint density at radius 3 is 2.53 bits per heavy atom. The first kappa shape index (κ1) is 14.4. The summed E-state index contributed by atoms with van der Waals surface area (Å²) < 4.78 is 5.44. The normalized spacial score (nSPS) is 12.3. The highest BCUT2D eigenvalue weighted by Gasteiger charge is 2.26. The van der Waals surface area contributed by atoms with E-state index in [1.807, 2.05) is 0 Å². The Labute approximate surface area is 122 Å². The van der Waals surface area contributed by atoms with Crippen LogP contribution in [0.1, 0.15) is 45.3 Å². The Balaban J connectivity index is 2.51. The summed E-state index contributed by atoms with van der Waals surface area (Å²) in [4.78, 5) is 6.06. The molecule has 0 unspecified atom stereocenters. The lowest BCUT2D eigenvalue weighted by atomic mass is 9.91. The molecule has 0 bridgehead atoms. The van der Waals surface area contributed by atoms with E-state index in [9.17, 15) is 0 Å². The number of hydrogen-bond donors (Lipinski definition) is 1. The van der Waals surface area contributed by atoms with Gasteiger partial charge >= 0.3 is 0 Å². The lowest BCUT2D eigenvalue weighted by molar-refractivity contribution is 0.540. The van der Waals surface area contributed by atoms with Crippen LogP contribution < -0.4 is 0 Å². The van der Waals surface area contributed by atoms with Crippen LogP contribution in [0.15, 0.2) is 4.42 Å². The molecule has 0 aromatic carbocycles. The smallest absolute Gasteiger partial charge is 0.284 e. The van der Waals surface area contributed by atoms with Crippen LogP contribution >= 0.6 is 23.6 Å². The summed E-state index contributed by atoms with van der Waals surface area (Å²) in [5.74, 6) is 1.12. The lowest BCUT2D eigenvalue weighted by Gasteiger charge is -2.16. The number of nitrogens with one attached hydrogen (secondary N) is 1. The van der Waals surface area contributed by atoms with E-state index in [1.54, 1.807) is 11.3 Å². The van der Waals surface area contributed by atoms with Gasteiger partial charge in [0.1, 0.15) is 4.88 Å². The molecule has 0 amide bonds. The standard InChI is InChI=1S/C13H19N3OS2/c1-7(2)6-8-14-10(13(3,4)5)9(19-8)11-15-16-12(18)17-11/h7H,6H2,1-5H3,(H,16,18). The van der Waals surface area contributed by atoms with Crippen molar-refractivity contribution in [3.05, 3.63) is 15.5 Å². The number of nitrogens with zero attached hydrogens (tertiary/aromatic N) is 2. The monoisotopic (exact) mass is 297 g/mol. The molecule has 4 nitrogen and oxygen atoms in total. The second-order valence-corrected chi connectivity index (χ2v) is 7.51. The van der Waals surface area contributed by atoms with Crippen molar-refractivity contribution in [3.63, 3.8) is 0 Å². The quantitative estimate of drug-likeness (QED) is 0.856. The number of H-pyrrole nitrogens is 1. The fraction of sp³-hybridized carbons (Fsp3) is 0.615. The Morgan fingerprint density at radius 1 is 1.37 bits per heavy atom. The molecule has 6 heteroatoms. The minimum Gasteiger partial charge on any atom is -0.408 e. The van der Waals surface area contributed by atoms with E-state index in [0.29, 0.717) is 16.6 Å². The van der Waals surface area contributed by atoms with E-state index in [4.69, 9.17) is 21.6 Å². The van der Waals surface area contributed by atoms with Crippen LogP contribution in [0, 0.1) is 10.8 Å². The average Bonchev–Trinajstić information content (AvgIpc) is 2.82. The summed E-state index contributed by atoms with van der Waals surface area (Å²) in [6, 6.07) is 0. The molecule has 0 saturated heterocycles. The number of hydrogen-bond acceptors (Lipinski definition) is 5. The Morgan fingerprint density at radius 2 is 2.05 bits per heavy atom. The molecule has 2 heterocycles. The fourth-order valence-electron chi connectivity index (χ4n) is 1.78. The SMILES string of the molecule is CC(C)Cc1nc(C(C)(C)C)c(-c2n[nH]c(=S)o2)s1. The van der Waals surface area contributed by atoms with E-state index in [0.717, 1.165) is 22.0 Å². The highest BCUT2D eigenvalue weighted by molar-refractivity contribution is 7.71. The minimum absolute atomic E-state index is 0.0445. The van der Waals surface area contributed by atoms with E-state index >= 15 is 0 Å². The molecule has 0 fully saturated rings. The number of aromatic amines is 1. The molecule has 0 aliphatic rings. The molecule has 0 atom stereocenters. The maximum absolute atomic E-state index is 5.44. The predicted octanol–water partition coefficient (Wildman–Crippen LogP) is 4.35.